The average molecular weight is 372 g/mol. The summed E-state index contributed by atoms with van der Waals surface area (Å²) in [6, 6.07) is 4.61. The van der Waals surface area contributed by atoms with E-state index < -0.39 is 10.0 Å². The number of sulfonamides is 1. The summed E-state index contributed by atoms with van der Waals surface area (Å²) in [5.74, 6) is 0.925. The van der Waals surface area contributed by atoms with Crippen molar-refractivity contribution in [1.29, 1.82) is 0 Å². The van der Waals surface area contributed by atoms with Crippen LogP contribution in [0.1, 0.15) is 64.7 Å². The van der Waals surface area contributed by atoms with E-state index in [0.717, 1.165) is 12.8 Å². The van der Waals surface area contributed by atoms with Gasteiger partial charge in [0, 0.05) is 12.6 Å². The molecule has 0 aliphatic rings. The molecule has 0 amide bonds. The topological polar surface area (TPSA) is 64.6 Å². The summed E-state index contributed by atoms with van der Waals surface area (Å²) in [4.78, 5) is 0.195. The zero-order valence-electron chi connectivity index (χ0n) is 15.8. The molecule has 25 heavy (non-hydrogen) atoms. The van der Waals surface area contributed by atoms with Crippen molar-refractivity contribution in [3.8, 4) is 11.5 Å². The van der Waals surface area contributed by atoms with E-state index in [1.165, 1.54) is 71.3 Å². The lowest BCUT2D eigenvalue weighted by Gasteiger charge is -2.11. The fourth-order valence-electron chi connectivity index (χ4n) is 2.71. The maximum atomic E-state index is 12.3. The molecule has 0 aliphatic carbocycles. The minimum absolute atomic E-state index is 0.195. The molecule has 0 aliphatic heterocycles. The van der Waals surface area contributed by atoms with Gasteiger partial charge in [0.05, 0.1) is 19.1 Å². The van der Waals surface area contributed by atoms with Gasteiger partial charge in [-0.1, -0.05) is 58.3 Å². The van der Waals surface area contributed by atoms with Crippen LogP contribution in [-0.2, 0) is 10.0 Å². The quantitative estimate of drug-likeness (QED) is 0.489. The van der Waals surface area contributed by atoms with Crippen molar-refractivity contribution in [3.05, 3.63) is 18.2 Å². The summed E-state index contributed by atoms with van der Waals surface area (Å²) in [6.45, 7) is 2.69. The van der Waals surface area contributed by atoms with Crippen LogP contribution in [-0.4, -0.2) is 29.2 Å². The van der Waals surface area contributed by atoms with E-state index in [1.54, 1.807) is 6.07 Å². The van der Waals surface area contributed by atoms with Gasteiger partial charge in [-0.25, -0.2) is 13.1 Å². The zero-order chi connectivity index (χ0) is 18.5. The highest BCUT2D eigenvalue weighted by Crippen LogP contribution is 2.29. The molecule has 1 N–H and O–H groups in total. The van der Waals surface area contributed by atoms with Gasteiger partial charge >= 0.3 is 0 Å². The molecule has 0 fully saturated rings. The van der Waals surface area contributed by atoms with E-state index in [0.29, 0.717) is 18.0 Å². The molecule has 1 aromatic carbocycles. The summed E-state index contributed by atoms with van der Waals surface area (Å²) in [7, 11) is -0.499. The lowest BCUT2D eigenvalue weighted by Crippen LogP contribution is -2.24. The Bertz CT molecular complexity index is 587. The lowest BCUT2D eigenvalue weighted by atomic mass is 10.1. The van der Waals surface area contributed by atoms with Crippen LogP contribution < -0.4 is 14.2 Å². The molecule has 0 spiro atoms. The molecule has 0 radical (unpaired) electrons. The lowest BCUT2D eigenvalue weighted by molar-refractivity contribution is 0.354. The molecule has 144 valence electrons. The van der Waals surface area contributed by atoms with Crippen LogP contribution in [0.2, 0.25) is 0 Å². The van der Waals surface area contributed by atoms with Crippen LogP contribution in [0.5, 0.6) is 11.5 Å². The largest absolute Gasteiger partial charge is 0.493 e. The minimum atomic E-state index is -3.51. The molecule has 0 unspecified atom stereocenters. The van der Waals surface area contributed by atoms with E-state index in [4.69, 9.17) is 9.47 Å². The van der Waals surface area contributed by atoms with Crippen molar-refractivity contribution in [2.24, 2.45) is 0 Å². The second-order valence-corrected chi connectivity index (χ2v) is 8.01. The van der Waals surface area contributed by atoms with Gasteiger partial charge in [0.25, 0.3) is 0 Å². The van der Waals surface area contributed by atoms with Crippen LogP contribution in [0, 0.1) is 0 Å². The Kier molecular flexibility index (Phi) is 10.6. The van der Waals surface area contributed by atoms with E-state index in [2.05, 4.69) is 11.6 Å². The van der Waals surface area contributed by atoms with Gasteiger partial charge in [-0.3, -0.25) is 0 Å². The third-order valence-electron chi connectivity index (χ3n) is 4.24. The highest BCUT2D eigenvalue weighted by molar-refractivity contribution is 7.89. The summed E-state index contributed by atoms with van der Waals surface area (Å²) in [5, 5.41) is 0. The molecule has 6 heteroatoms. The minimum Gasteiger partial charge on any atom is -0.493 e. The number of benzene rings is 1. The molecule has 0 bridgehead atoms. The van der Waals surface area contributed by atoms with Crippen molar-refractivity contribution in [2.45, 2.75) is 69.6 Å². The van der Waals surface area contributed by atoms with Crippen molar-refractivity contribution >= 4 is 10.0 Å². The molecule has 0 aromatic heterocycles. The van der Waals surface area contributed by atoms with Crippen molar-refractivity contribution in [3.63, 3.8) is 0 Å². The fraction of sp³-hybridized carbons (Fsp3) is 0.684. The third-order valence-corrected chi connectivity index (χ3v) is 5.70. The number of ether oxygens (including phenoxy) is 2. The van der Waals surface area contributed by atoms with Crippen LogP contribution in [0.25, 0.3) is 0 Å². The van der Waals surface area contributed by atoms with Gasteiger partial charge in [-0.15, -0.1) is 0 Å². The maximum absolute atomic E-state index is 12.3. The monoisotopic (exact) mass is 371 g/mol. The Hall–Kier alpha value is -1.27. The van der Waals surface area contributed by atoms with Gasteiger partial charge in [0.15, 0.2) is 11.5 Å². The van der Waals surface area contributed by atoms with Crippen LogP contribution >= 0.6 is 0 Å². The van der Waals surface area contributed by atoms with E-state index in [1.807, 2.05) is 0 Å². The Balaban J connectivity index is 2.30. The molecule has 0 heterocycles. The van der Waals surface area contributed by atoms with Crippen LogP contribution in [0.15, 0.2) is 23.1 Å². The second kappa shape index (κ2) is 12.1. The van der Waals surface area contributed by atoms with Crippen molar-refractivity contribution < 1.29 is 17.9 Å². The first kappa shape index (κ1) is 21.8. The van der Waals surface area contributed by atoms with E-state index >= 15 is 0 Å². The van der Waals surface area contributed by atoms with Crippen molar-refractivity contribution in [1.82, 2.24) is 4.72 Å². The Morgan fingerprint density at radius 1 is 0.840 bits per heavy atom. The van der Waals surface area contributed by atoms with Gasteiger partial charge < -0.3 is 9.47 Å². The molecule has 1 rings (SSSR count). The second-order valence-electron chi connectivity index (χ2n) is 6.24. The summed E-state index contributed by atoms with van der Waals surface area (Å²) in [5.41, 5.74) is 0. The van der Waals surface area contributed by atoms with Gasteiger partial charge in [-0.05, 0) is 18.6 Å². The maximum Gasteiger partial charge on any atom is 0.240 e. The standard InChI is InChI=1S/C19H33NO4S/c1-4-5-6-7-8-9-10-11-12-15-20-25(21,22)17-13-14-18(23-2)19(16-17)24-3/h13-14,16,20H,4-12,15H2,1-3H3. The molecule has 0 atom stereocenters. The number of hydrogen-bond donors (Lipinski definition) is 1. The predicted octanol–water partition coefficient (Wildman–Crippen LogP) is 4.51. The normalized spacial score (nSPS) is 11.5. The van der Waals surface area contributed by atoms with E-state index in [9.17, 15) is 8.42 Å². The number of rotatable bonds is 14. The highest BCUT2D eigenvalue weighted by Gasteiger charge is 2.16. The summed E-state index contributed by atoms with van der Waals surface area (Å²) >= 11 is 0. The third kappa shape index (κ3) is 8.10. The molecular weight excluding hydrogens is 338 g/mol. The molecule has 0 saturated carbocycles. The Morgan fingerprint density at radius 3 is 1.96 bits per heavy atom. The molecular formula is C19H33NO4S. The first-order valence-electron chi connectivity index (χ1n) is 9.27. The Labute approximate surface area is 153 Å². The summed E-state index contributed by atoms with van der Waals surface area (Å²) < 4.78 is 37.6. The van der Waals surface area contributed by atoms with E-state index in [-0.39, 0.29) is 4.90 Å². The number of methoxy groups -OCH3 is 2. The van der Waals surface area contributed by atoms with Gasteiger partial charge in [0.2, 0.25) is 10.0 Å². The summed E-state index contributed by atoms with van der Waals surface area (Å²) in [6.07, 6.45) is 10.9. The number of hydrogen-bond acceptors (Lipinski definition) is 4. The SMILES string of the molecule is CCCCCCCCCCCNS(=O)(=O)c1ccc(OC)c(OC)c1. The zero-order valence-corrected chi connectivity index (χ0v) is 16.7. The molecule has 1 aromatic rings. The Morgan fingerprint density at radius 2 is 1.40 bits per heavy atom. The highest BCUT2D eigenvalue weighted by atomic mass is 32.2. The fourth-order valence-corrected chi connectivity index (χ4v) is 3.80. The molecule has 0 saturated heterocycles. The molecule has 5 nitrogen and oxygen atoms in total. The van der Waals surface area contributed by atoms with Crippen molar-refractivity contribution in [2.75, 3.05) is 20.8 Å². The first-order chi connectivity index (χ1) is 12.0. The van der Waals surface area contributed by atoms with Gasteiger partial charge in [-0.2, -0.15) is 0 Å². The first-order valence-corrected chi connectivity index (χ1v) is 10.7. The number of nitrogens with one attached hydrogen (secondary N) is 1. The predicted molar refractivity (Wildman–Crippen MR) is 102 cm³/mol. The van der Waals surface area contributed by atoms with Crippen LogP contribution in [0.4, 0.5) is 0 Å². The smallest absolute Gasteiger partial charge is 0.240 e. The average Bonchev–Trinajstić information content (AvgIpc) is 2.62. The number of unbranched alkanes of at least 4 members (excludes halogenated alkanes) is 8. The van der Waals surface area contributed by atoms with Gasteiger partial charge in [0.1, 0.15) is 0 Å². The van der Waals surface area contributed by atoms with Crippen LogP contribution in [0.3, 0.4) is 0 Å².